The summed E-state index contributed by atoms with van der Waals surface area (Å²) >= 11 is 0. The number of pyridine rings is 1. The van der Waals surface area contributed by atoms with E-state index in [-0.39, 0.29) is 0 Å². The lowest BCUT2D eigenvalue weighted by molar-refractivity contribution is -0.137. The Kier molecular flexibility index (Phi) is 4.89. The van der Waals surface area contributed by atoms with Crippen LogP contribution in [-0.2, 0) is 6.18 Å². The highest BCUT2D eigenvalue weighted by molar-refractivity contribution is 5.36. The molecule has 1 aromatic rings. The van der Waals surface area contributed by atoms with E-state index in [0.29, 0.717) is 5.82 Å². The highest BCUT2D eigenvalue weighted by Gasteiger charge is 2.30. The Morgan fingerprint density at radius 1 is 1.20 bits per heavy atom. The smallest absolute Gasteiger partial charge is 0.370 e. The summed E-state index contributed by atoms with van der Waals surface area (Å²) in [6.45, 7) is 3.07. The maximum atomic E-state index is 12.4. The van der Waals surface area contributed by atoms with Gasteiger partial charge in [-0.2, -0.15) is 13.2 Å². The molecule has 0 amide bonds. The van der Waals surface area contributed by atoms with E-state index in [1.54, 1.807) is 0 Å². The number of anilines is 1. The second-order valence-corrected chi connectivity index (χ2v) is 5.77. The van der Waals surface area contributed by atoms with Crippen LogP contribution in [0.2, 0.25) is 0 Å². The van der Waals surface area contributed by atoms with Crippen molar-refractivity contribution in [2.75, 3.05) is 11.9 Å². The van der Waals surface area contributed by atoms with Crippen molar-refractivity contribution in [1.82, 2.24) is 4.98 Å². The second kappa shape index (κ2) is 6.46. The molecule has 0 radical (unpaired) electrons. The second-order valence-electron chi connectivity index (χ2n) is 5.77. The fourth-order valence-electron chi connectivity index (χ4n) is 2.69. The first-order valence-electron chi connectivity index (χ1n) is 7.22. The molecule has 2 nitrogen and oxygen atoms in total. The number of hydrogen-bond acceptors (Lipinski definition) is 2. The number of nitrogens with zero attached hydrogens (tertiary/aromatic N) is 1. The van der Waals surface area contributed by atoms with Gasteiger partial charge in [0.2, 0.25) is 0 Å². The van der Waals surface area contributed by atoms with Gasteiger partial charge in [0, 0.05) is 12.7 Å². The van der Waals surface area contributed by atoms with Crippen LogP contribution < -0.4 is 5.32 Å². The third-order valence-corrected chi connectivity index (χ3v) is 4.08. The first kappa shape index (κ1) is 15.1. The predicted octanol–water partition coefficient (Wildman–Crippen LogP) is 4.73. The van der Waals surface area contributed by atoms with Crippen molar-refractivity contribution < 1.29 is 13.2 Å². The SMILES string of the molecule is CC1CCC(CCNc2ccc(C(F)(F)F)cn2)CC1. The lowest BCUT2D eigenvalue weighted by Crippen LogP contribution is -2.16. The van der Waals surface area contributed by atoms with Crippen molar-refractivity contribution in [2.45, 2.75) is 45.2 Å². The number of halogens is 3. The highest BCUT2D eigenvalue weighted by atomic mass is 19.4. The molecule has 0 unspecified atom stereocenters. The van der Waals surface area contributed by atoms with Gasteiger partial charge in [-0.3, -0.25) is 0 Å². The number of alkyl halides is 3. The summed E-state index contributed by atoms with van der Waals surface area (Å²) in [5.74, 6) is 2.10. The molecule has 1 aromatic heterocycles. The zero-order valence-electron chi connectivity index (χ0n) is 11.7. The number of rotatable bonds is 4. The summed E-state index contributed by atoms with van der Waals surface area (Å²) in [4.78, 5) is 3.81. The maximum Gasteiger partial charge on any atom is 0.417 e. The standard InChI is InChI=1S/C15H21F3N2/c1-11-2-4-12(5-3-11)8-9-19-14-7-6-13(10-20-14)15(16,17)18/h6-7,10-12H,2-5,8-9H2,1H3,(H,19,20). The van der Waals surface area contributed by atoms with Crippen molar-refractivity contribution >= 4 is 5.82 Å². The van der Waals surface area contributed by atoms with Crippen LogP contribution in [0.3, 0.4) is 0 Å². The topological polar surface area (TPSA) is 24.9 Å². The van der Waals surface area contributed by atoms with Gasteiger partial charge in [0.15, 0.2) is 0 Å². The minimum Gasteiger partial charge on any atom is -0.370 e. The van der Waals surface area contributed by atoms with Gasteiger partial charge in [-0.15, -0.1) is 0 Å². The minimum absolute atomic E-state index is 0.516. The Labute approximate surface area is 117 Å². The molecule has 0 bridgehead atoms. The molecule has 1 heterocycles. The average Bonchev–Trinajstić information content (AvgIpc) is 2.41. The van der Waals surface area contributed by atoms with Crippen molar-refractivity contribution in [2.24, 2.45) is 11.8 Å². The van der Waals surface area contributed by atoms with Gasteiger partial charge in [0.05, 0.1) is 5.56 Å². The van der Waals surface area contributed by atoms with Crippen LogP contribution in [0.1, 0.15) is 44.6 Å². The largest absolute Gasteiger partial charge is 0.417 e. The van der Waals surface area contributed by atoms with Gasteiger partial charge in [0.25, 0.3) is 0 Å². The van der Waals surface area contributed by atoms with Crippen molar-refractivity contribution in [1.29, 1.82) is 0 Å². The van der Waals surface area contributed by atoms with Gasteiger partial charge >= 0.3 is 6.18 Å². The fraction of sp³-hybridized carbons (Fsp3) is 0.667. The first-order chi connectivity index (χ1) is 9.45. The van der Waals surface area contributed by atoms with Gasteiger partial charge in [-0.1, -0.05) is 32.6 Å². The lowest BCUT2D eigenvalue weighted by Gasteiger charge is -2.26. The molecule has 0 aromatic carbocycles. The van der Waals surface area contributed by atoms with Gasteiger partial charge in [0.1, 0.15) is 5.82 Å². The quantitative estimate of drug-likeness (QED) is 0.865. The molecular weight excluding hydrogens is 265 g/mol. The molecule has 0 aliphatic heterocycles. The monoisotopic (exact) mass is 286 g/mol. The first-order valence-corrected chi connectivity index (χ1v) is 7.22. The van der Waals surface area contributed by atoms with Crippen LogP contribution in [0, 0.1) is 11.8 Å². The molecular formula is C15H21F3N2. The minimum atomic E-state index is -4.32. The van der Waals surface area contributed by atoms with E-state index in [2.05, 4.69) is 17.2 Å². The van der Waals surface area contributed by atoms with Gasteiger partial charge < -0.3 is 5.32 Å². The summed E-state index contributed by atoms with van der Waals surface area (Å²) < 4.78 is 37.2. The van der Waals surface area contributed by atoms with Crippen LogP contribution in [0.25, 0.3) is 0 Å². The molecule has 1 aliphatic carbocycles. The highest BCUT2D eigenvalue weighted by Crippen LogP contribution is 2.31. The normalized spacial score (nSPS) is 23.6. The summed E-state index contributed by atoms with van der Waals surface area (Å²) in [7, 11) is 0. The molecule has 1 saturated carbocycles. The Morgan fingerprint density at radius 3 is 2.45 bits per heavy atom. The van der Waals surface area contributed by atoms with Crippen LogP contribution in [-0.4, -0.2) is 11.5 Å². The van der Waals surface area contributed by atoms with E-state index in [1.165, 1.54) is 31.7 Å². The van der Waals surface area contributed by atoms with Crippen LogP contribution in [0.5, 0.6) is 0 Å². The fourth-order valence-corrected chi connectivity index (χ4v) is 2.69. The van der Waals surface area contributed by atoms with Crippen LogP contribution in [0.4, 0.5) is 19.0 Å². The summed E-state index contributed by atoms with van der Waals surface area (Å²) in [5.41, 5.74) is -0.704. The summed E-state index contributed by atoms with van der Waals surface area (Å²) in [5, 5.41) is 3.10. The summed E-state index contributed by atoms with van der Waals surface area (Å²) in [6.07, 6.45) is 2.75. The van der Waals surface area contributed by atoms with Gasteiger partial charge in [-0.05, 0) is 30.4 Å². The van der Waals surface area contributed by atoms with Crippen LogP contribution >= 0.6 is 0 Å². The molecule has 1 fully saturated rings. The van der Waals surface area contributed by atoms with E-state index in [0.717, 1.165) is 37.1 Å². The van der Waals surface area contributed by atoms with E-state index < -0.39 is 11.7 Å². The Hall–Kier alpha value is -1.26. The average molecular weight is 286 g/mol. The Balaban J connectivity index is 1.74. The van der Waals surface area contributed by atoms with Crippen molar-refractivity contribution in [3.8, 4) is 0 Å². The molecule has 0 atom stereocenters. The van der Waals surface area contributed by atoms with Crippen molar-refractivity contribution in [3.63, 3.8) is 0 Å². The molecule has 1 aliphatic rings. The van der Waals surface area contributed by atoms with E-state index >= 15 is 0 Å². The molecule has 5 heteroatoms. The Bertz CT molecular complexity index is 406. The lowest BCUT2D eigenvalue weighted by atomic mass is 9.81. The number of nitrogens with one attached hydrogen (secondary N) is 1. The Morgan fingerprint density at radius 2 is 1.90 bits per heavy atom. The van der Waals surface area contributed by atoms with E-state index in [4.69, 9.17) is 0 Å². The van der Waals surface area contributed by atoms with Gasteiger partial charge in [-0.25, -0.2) is 4.98 Å². The van der Waals surface area contributed by atoms with Crippen molar-refractivity contribution in [3.05, 3.63) is 23.9 Å². The molecule has 1 N–H and O–H groups in total. The van der Waals surface area contributed by atoms with Crippen LogP contribution in [0.15, 0.2) is 18.3 Å². The molecule has 2 rings (SSSR count). The molecule has 0 spiro atoms. The zero-order chi connectivity index (χ0) is 14.6. The number of aromatic nitrogens is 1. The molecule has 0 saturated heterocycles. The third kappa shape index (κ3) is 4.39. The third-order valence-electron chi connectivity index (χ3n) is 4.08. The van der Waals surface area contributed by atoms with E-state index in [9.17, 15) is 13.2 Å². The predicted molar refractivity (Wildman–Crippen MR) is 73.5 cm³/mol. The van der Waals surface area contributed by atoms with E-state index in [1.807, 2.05) is 0 Å². The molecule has 112 valence electrons. The summed E-state index contributed by atoms with van der Waals surface area (Å²) in [6, 6.07) is 2.46. The zero-order valence-corrected chi connectivity index (χ0v) is 11.7. The maximum absolute atomic E-state index is 12.4. The number of hydrogen-bond donors (Lipinski definition) is 1. The molecule has 20 heavy (non-hydrogen) atoms.